The molecule has 4 rings (SSSR count). The highest BCUT2D eigenvalue weighted by Gasteiger charge is 2.34. The summed E-state index contributed by atoms with van der Waals surface area (Å²) in [7, 11) is -3.80. The first-order valence-electron chi connectivity index (χ1n) is 14.2. The Kier molecular flexibility index (Phi) is 9.86. The number of benzene rings is 3. The highest BCUT2D eigenvalue weighted by Crippen LogP contribution is 2.24. The van der Waals surface area contributed by atoms with Gasteiger partial charge in [0.05, 0.1) is 11.9 Å². The molecule has 0 aromatic heterocycles. The number of aryl methyl sites for hydroxylation is 3. The summed E-state index contributed by atoms with van der Waals surface area (Å²) in [6.07, 6.45) is 5.41. The average molecular weight is 576 g/mol. The molecule has 0 aliphatic heterocycles. The van der Waals surface area contributed by atoms with E-state index in [9.17, 15) is 18.0 Å². The van der Waals surface area contributed by atoms with Crippen LogP contribution in [0.3, 0.4) is 0 Å². The molecule has 2 amide bonds. The van der Waals surface area contributed by atoms with E-state index in [-0.39, 0.29) is 18.5 Å². The molecular formula is C33H41N3O4S. The number of nitrogens with one attached hydrogen (secondary N) is 1. The van der Waals surface area contributed by atoms with Gasteiger partial charge in [-0.1, -0.05) is 79.1 Å². The van der Waals surface area contributed by atoms with Crippen molar-refractivity contribution >= 4 is 27.5 Å². The summed E-state index contributed by atoms with van der Waals surface area (Å²) in [6, 6.07) is 22.2. The molecule has 41 heavy (non-hydrogen) atoms. The molecule has 1 aliphatic carbocycles. The molecule has 0 saturated heterocycles. The lowest BCUT2D eigenvalue weighted by molar-refractivity contribution is -0.140. The van der Waals surface area contributed by atoms with Crippen molar-refractivity contribution in [1.82, 2.24) is 10.2 Å². The van der Waals surface area contributed by atoms with Crippen molar-refractivity contribution in [3.05, 3.63) is 101 Å². The lowest BCUT2D eigenvalue weighted by atomic mass is 10.0. The number of anilines is 1. The van der Waals surface area contributed by atoms with E-state index in [1.807, 2.05) is 81.4 Å². The summed E-state index contributed by atoms with van der Waals surface area (Å²) in [4.78, 5) is 29.7. The lowest BCUT2D eigenvalue weighted by Crippen LogP contribution is -2.54. The van der Waals surface area contributed by atoms with Gasteiger partial charge in [0.1, 0.15) is 12.6 Å². The standard InChI is InChI=1S/C33H41N3O4S/c1-24-11-10-14-28(18-24)22-35(32(37)23-36(41(4,39)40)30-19-25(2)17-26(3)20-30)31(21-27-12-6-5-7-13-27)33(38)34-29-15-8-9-16-29/h5-7,10-14,17-20,29,31H,8-9,15-16,21-23H2,1-4H3,(H,34,38)/t31-/m1/s1. The van der Waals surface area contributed by atoms with Crippen LogP contribution in [0.15, 0.2) is 72.8 Å². The summed E-state index contributed by atoms with van der Waals surface area (Å²) < 4.78 is 27.2. The van der Waals surface area contributed by atoms with Crippen molar-refractivity contribution in [2.24, 2.45) is 0 Å². The van der Waals surface area contributed by atoms with E-state index in [4.69, 9.17) is 0 Å². The fourth-order valence-corrected chi connectivity index (χ4v) is 6.47. The molecule has 8 heteroatoms. The molecule has 1 N–H and O–H groups in total. The van der Waals surface area contributed by atoms with E-state index in [1.54, 1.807) is 17.0 Å². The Balaban J connectivity index is 1.74. The maximum Gasteiger partial charge on any atom is 0.244 e. The van der Waals surface area contributed by atoms with Gasteiger partial charge >= 0.3 is 0 Å². The van der Waals surface area contributed by atoms with E-state index >= 15 is 0 Å². The third-order valence-corrected chi connectivity index (χ3v) is 8.72. The van der Waals surface area contributed by atoms with Gasteiger partial charge in [-0.05, 0) is 68.0 Å². The fourth-order valence-electron chi connectivity index (χ4n) is 5.64. The first-order chi connectivity index (χ1) is 19.5. The van der Waals surface area contributed by atoms with Crippen LogP contribution >= 0.6 is 0 Å². The van der Waals surface area contributed by atoms with Gasteiger partial charge in [-0.2, -0.15) is 0 Å². The second kappa shape index (κ2) is 13.3. The largest absolute Gasteiger partial charge is 0.352 e. The molecule has 0 heterocycles. The van der Waals surface area contributed by atoms with Crippen LogP contribution in [-0.4, -0.2) is 50.0 Å². The monoisotopic (exact) mass is 575 g/mol. The predicted octanol–water partition coefficient (Wildman–Crippen LogP) is 5.08. The summed E-state index contributed by atoms with van der Waals surface area (Å²) in [5.74, 6) is -0.641. The molecule has 3 aromatic carbocycles. The smallest absolute Gasteiger partial charge is 0.244 e. The normalized spacial score (nSPS) is 14.4. The molecule has 218 valence electrons. The van der Waals surface area contributed by atoms with Crippen LogP contribution in [0.5, 0.6) is 0 Å². The highest BCUT2D eigenvalue weighted by atomic mass is 32.2. The van der Waals surface area contributed by atoms with Crippen molar-refractivity contribution < 1.29 is 18.0 Å². The van der Waals surface area contributed by atoms with Crippen LogP contribution in [0.4, 0.5) is 5.69 Å². The van der Waals surface area contributed by atoms with Gasteiger partial charge in [0, 0.05) is 19.0 Å². The van der Waals surface area contributed by atoms with Crippen LogP contribution in [0.2, 0.25) is 0 Å². The van der Waals surface area contributed by atoms with Gasteiger partial charge in [-0.15, -0.1) is 0 Å². The Hall–Kier alpha value is -3.65. The number of sulfonamides is 1. The molecule has 1 fully saturated rings. The zero-order valence-electron chi connectivity index (χ0n) is 24.5. The van der Waals surface area contributed by atoms with Crippen molar-refractivity contribution in [3.63, 3.8) is 0 Å². The van der Waals surface area contributed by atoms with Gasteiger partial charge in [-0.25, -0.2) is 8.42 Å². The van der Waals surface area contributed by atoms with Gasteiger partial charge in [0.15, 0.2) is 0 Å². The molecule has 7 nitrogen and oxygen atoms in total. The lowest BCUT2D eigenvalue weighted by Gasteiger charge is -2.34. The predicted molar refractivity (Wildman–Crippen MR) is 164 cm³/mol. The van der Waals surface area contributed by atoms with E-state index in [0.29, 0.717) is 12.1 Å². The molecule has 0 spiro atoms. The van der Waals surface area contributed by atoms with Crippen molar-refractivity contribution in [3.8, 4) is 0 Å². The van der Waals surface area contributed by atoms with Gasteiger partial charge in [0.25, 0.3) is 0 Å². The number of amides is 2. The average Bonchev–Trinajstić information content (AvgIpc) is 3.41. The first kappa shape index (κ1) is 30.3. The molecular weight excluding hydrogens is 534 g/mol. The minimum absolute atomic E-state index is 0.0829. The zero-order valence-corrected chi connectivity index (χ0v) is 25.3. The maximum atomic E-state index is 14.2. The Labute approximate surface area is 244 Å². The molecule has 0 unspecified atom stereocenters. The molecule has 1 aliphatic rings. The number of rotatable bonds is 11. The number of carbonyl (C=O) groups excluding carboxylic acids is 2. The molecule has 0 radical (unpaired) electrons. The molecule has 3 aromatic rings. The van der Waals surface area contributed by atoms with Crippen LogP contribution < -0.4 is 9.62 Å². The first-order valence-corrected chi connectivity index (χ1v) is 16.1. The minimum Gasteiger partial charge on any atom is -0.352 e. The third-order valence-electron chi connectivity index (χ3n) is 7.58. The van der Waals surface area contributed by atoms with Gasteiger partial charge in [-0.3, -0.25) is 13.9 Å². The van der Waals surface area contributed by atoms with Gasteiger partial charge in [0.2, 0.25) is 21.8 Å². The van der Waals surface area contributed by atoms with Crippen LogP contribution in [-0.2, 0) is 32.6 Å². The van der Waals surface area contributed by atoms with Crippen molar-refractivity contribution in [1.29, 1.82) is 0 Å². The summed E-state index contributed by atoms with van der Waals surface area (Å²) in [6.45, 7) is 5.55. The van der Waals surface area contributed by atoms with Crippen LogP contribution in [0, 0.1) is 20.8 Å². The summed E-state index contributed by atoms with van der Waals surface area (Å²) >= 11 is 0. The summed E-state index contributed by atoms with van der Waals surface area (Å²) in [5.41, 5.74) is 5.07. The number of nitrogens with zero attached hydrogens (tertiary/aromatic N) is 2. The Morgan fingerprint density at radius 1 is 0.854 bits per heavy atom. The van der Waals surface area contributed by atoms with E-state index < -0.39 is 28.5 Å². The zero-order chi connectivity index (χ0) is 29.6. The minimum atomic E-state index is -3.80. The number of hydrogen-bond acceptors (Lipinski definition) is 4. The summed E-state index contributed by atoms with van der Waals surface area (Å²) in [5, 5.41) is 3.20. The van der Waals surface area contributed by atoms with Crippen molar-refractivity contribution in [2.75, 3.05) is 17.1 Å². The van der Waals surface area contributed by atoms with Crippen LogP contribution in [0.1, 0.15) is 53.5 Å². The molecule has 1 atom stereocenters. The third kappa shape index (κ3) is 8.43. The van der Waals surface area contributed by atoms with E-state index in [0.717, 1.165) is 64.1 Å². The topological polar surface area (TPSA) is 86.8 Å². The van der Waals surface area contributed by atoms with E-state index in [1.165, 1.54) is 0 Å². The second-order valence-corrected chi connectivity index (χ2v) is 13.2. The van der Waals surface area contributed by atoms with E-state index in [2.05, 4.69) is 5.32 Å². The molecule has 1 saturated carbocycles. The maximum absolute atomic E-state index is 14.2. The SMILES string of the molecule is Cc1cccc(CN(C(=O)CN(c2cc(C)cc(C)c2)S(C)(=O)=O)[C@H](Cc2ccccc2)C(=O)NC2CCCC2)c1. The highest BCUT2D eigenvalue weighted by molar-refractivity contribution is 7.92. The Morgan fingerprint density at radius 2 is 1.49 bits per heavy atom. The van der Waals surface area contributed by atoms with Gasteiger partial charge < -0.3 is 10.2 Å². The Morgan fingerprint density at radius 3 is 2.10 bits per heavy atom. The number of hydrogen-bond donors (Lipinski definition) is 1. The second-order valence-electron chi connectivity index (χ2n) is 11.3. The molecule has 0 bridgehead atoms. The Bertz CT molecular complexity index is 1450. The quantitative estimate of drug-likeness (QED) is 0.346. The van der Waals surface area contributed by atoms with Crippen LogP contribution in [0.25, 0.3) is 0 Å². The number of carbonyl (C=O) groups is 2. The van der Waals surface area contributed by atoms with Crippen molar-refractivity contribution in [2.45, 2.75) is 71.5 Å². The fraction of sp³-hybridized carbons (Fsp3) is 0.394.